The van der Waals surface area contributed by atoms with Crippen LogP contribution in [0.1, 0.15) is 39.3 Å². The van der Waals surface area contributed by atoms with E-state index < -0.39 is 0 Å². The van der Waals surface area contributed by atoms with Crippen molar-refractivity contribution < 1.29 is 9.90 Å². The molecule has 1 fully saturated rings. The number of amides is 1. The largest absolute Gasteiger partial charge is 0.393 e. The molecule has 1 amide bonds. The third-order valence-corrected chi connectivity index (χ3v) is 7.47. The summed E-state index contributed by atoms with van der Waals surface area (Å²) < 4.78 is 0. The van der Waals surface area contributed by atoms with Gasteiger partial charge in [0.05, 0.1) is 22.5 Å². The molecule has 0 radical (unpaired) electrons. The third kappa shape index (κ3) is 3.87. The lowest BCUT2D eigenvalue weighted by Gasteiger charge is -2.29. The topological polar surface area (TPSA) is 82.5 Å². The second kappa shape index (κ2) is 8.42. The Bertz CT molecular complexity index is 1190. The first-order valence-corrected chi connectivity index (χ1v) is 11.9. The molecular formula is C23H24ClN5O2S. The number of halogens is 1. The first kappa shape index (κ1) is 21.3. The highest BCUT2D eigenvalue weighted by atomic mass is 35.5. The minimum atomic E-state index is -0.241. The van der Waals surface area contributed by atoms with E-state index >= 15 is 0 Å². The molecule has 166 valence electrons. The van der Waals surface area contributed by atoms with Gasteiger partial charge in [-0.15, -0.1) is 0 Å². The monoisotopic (exact) mass is 469 g/mol. The molecule has 0 aromatic carbocycles. The zero-order valence-corrected chi connectivity index (χ0v) is 19.6. The Morgan fingerprint density at radius 2 is 1.91 bits per heavy atom. The fraction of sp³-hybridized carbons (Fsp3) is 0.391. The summed E-state index contributed by atoms with van der Waals surface area (Å²) in [5.41, 5.74) is 4.52. The number of rotatable bonds is 3. The van der Waals surface area contributed by atoms with Gasteiger partial charge in [0.1, 0.15) is 10.7 Å². The van der Waals surface area contributed by atoms with E-state index in [0.717, 1.165) is 59.1 Å². The fourth-order valence-electron chi connectivity index (χ4n) is 4.28. The summed E-state index contributed by atoms with van der Waals surface area (Å²) in [5, 5.41) is 11.1. The van der Waals surface area contributed by atoms with Gasteiger partial charge in [-0.3, -0.25) is 14.7 Å². The number of hydrogen-bond acceptors (Lipinski definition) is 7. The zero-order valence-electron chi connectivity index (χ0n) is 18.0. The maximum atomic E-state index is 13.4. The Morgan fingerprint density at radius 3 is 2.66 bits per heavy atom. The summed E-state index contributed by atoms with van der Waals surface area (Å²) in [6.07, 6.45) is 5.30. The predicted octanol–water partition coefficient (Wildman–Crippen LogP) is 4.03. The molecule has 5 rings (SSSR count). The molecule has 0 aliphatic carbocycles. The number of aliphatic hydroxyl groups excluding tert-OH is 1. The first-order valence-electron chi connectivity index (χ1n) is 10.7. The lowest BCUT2D eigenvalue weighted by Crippen LogP contribution is -2.37. The minimum absolute atomic E-state index is 0.0820. The maximum Gasteiger partial charge on any atom is 0.271 e. The van der Waals surface area contributed by atoms with Crippen LogP contribution in [0.5, 0.6) is 0 Å². The summed E-state index contributed by atoms with van der Waals surface area (Å²) in [6, 6.07) is 3.92. The molecule has 1 saturated heterocycles. The van der Waals surface area contributed by atoms with Crippen molar-refractivity contribution in [3.05, 3.63) is 51.2 Å². The average Bonchev–Trinajstić information content (AvgIpc) is 3.21. The van der Waals surface area contributed by atoms with Gasteiger partial charge in [-0.05, 0) is 43.9 Å². The molecule has 32 heavy (non-hydrogen) atoms. The van der Waals surface area contributed by atoms with E-state index in [-0.39, 0.29) is 12.0 Å². The number of carbonyl (C=O) groups excluding carboxylic acids is 1. The van der Waals surface area contributed by atoms with E-state index in [2.05, 4.69) is 20.9 Å². The highest BCUT2D eigenvalue weighted by Crippen LogP contribution is 2.36. The number of thiazole rings is 1. The number of carbonyl (C=O) groups is 1. The lowest BCUT2D eigenvalue weighted by molar-refractivity contribution is 0.0983. The van der Waals surface area contributed by atoms with Crippen LogP contribution in [0.2, 0.25) is 5.02 Å². The lowest BCUT2D eigenvalue weighted by atomic mass is 10.1. The predicted molar refractivity (Wildman–Crippen MR) is 127 cm³/mol. The number of pyridine rings is 2. The molecule has 2 aliphatic heterocycles. The van der Waals surface area contributed by atoms with Crippen molar-refractivity contribution in [1.82, 2.24) is 15.0 Å². The Balaban J connectivity index is 1.44. The molecule has 0 atom stereocenters. The molecular weight excluding hydrogens is 446 g/mol. The van der Waals surface area contributed by atoms with Crippen molar-refractivity contribution in [2.75, 3.05) is 29.4 Å². The van der Waals surface area contributed by atoms with Crippen LogP contribution in [-0.4, -0.2) is 51.7 Å². The van der Waals surface area contributed by atoms with E-state index in [4.69, 9.17) is 16.6 Å². The van der Waals surface area contributed by atoms with E-state index in [9.17, 15) is 9.90 Å². The summed E-state index contributed by atoms with van der Waals surface area (Å²) in [7, 11) is 0. The molecule has 0 saturated carbocycles. The summed E-state index contributed by atoms with van der Waals surface area (Å²) >= 11 is 7.89. The Hall–Kier alpha value is -2.55. The number of fused-ring (bicyclic) bond motifs is 1. The van der Waals surface area contributed by atoms with Crippen molar-refractivity contribution >= 4 is 39.8 Å². The quantitative estimate of drug-likeness (QED) is 0.623. The molecule has 3 aromatic heterocycles. The minimum Gasteiger partial charge on any atom is -0.393 e. The van der Waals surface area contributed by atoms with Crippen molar-refractivity contribution in [3.63, 3.8) is 0 Å². The van der Waals surface area contributed by atoms with Gasteiger partial charge >= 0.3 is 0 Å². The van der Waals surface area contributed by atoms with Gasteiger partial charge in [-0.2, -0.15) is 0 Å². The molecule has 2 aliphatic rings. The molecule has 1 N–H and O–H groups in total. The number of aromatic nitrogens is 3. The van der Waals surface area contributed by atoms with Crippen molar-refractivity contribution in [3.8, 4) is 11.3 Å². The first-order chi connectivity index (χ1) is 15.4. The molecule has 5 heterocycles. The van der Waals surface area contributed by atoms with Crippen molar-refractivity contribution in [2.24, 2.45) is 0 Å². The van der Waals surface area contributed by atoms with Gasteiger partial charge in [0.2, 0.25) is 0 Å². The van der Waals surface area contributed by atoms with Crippen LogP contribution in [0.15, 0.2) is 24.5 Å². The van der Waals surface area contributed by atoms with Gasteiger partial charge in [0, 0.05) is 44.0 Å². The summed E-state index contributed by atoms with van der Waals surface area (Å²) in [4.78, 5) is 31.7. The number of anilines is 2. The van der Waals surface area contributed by atoms with Crippen LogP contribution in [0.3, 0.4) is 0 Å². The van der Waals surface area contributed by atoms with Crippen LogP contribution >= 0.6 is 22.9 Å². The molecule has 7 nitrogen and oxygen atoms in total. The van der Waals surface area contributed by atoms with Crippen LogP contribution in [0, 0.1) is 13.8 Å². The van der Waals surface area contributed by atoms with Gasteiger partial charge < -0.3 is 10.0 Å². The summed E-state index contributed by atoms with van der Waals surface area (Å²) in [5.74, 6) is 0.485. The van der Waals surface area contributed by atoms with Crippen molar-refractivity contribution in [1.29, 1.82) is 0 Å². The van der Waals surface area contributed by atoms with Crippen LogP contribution in [0.4, 0.5) is 10.9 Å². The number of hydrogen-bond donors (Lipinski definition) is 1. The number of nitrogens with zero attached hydrogens (tertiary/aromatic N) is 5. The summed E-state index contributed by atoms with van der Waals surface area (Å²) in [6.45, 7) is 6.04. The maximum absolute atomic E-state index is 13.4. The van der Waals surface area contributed by atoms with Gasteiger partial charge in [-0.1, -0.05) is 29.0 Å². The van der Waals surface area contributed by atoms with Gasteiger partial charge in [-0.25, -0.2) is 9.97 Å². The Morgan fingerprint density at radius 1 is 1.12 bits per heavy atom. The Kier molecular flexibility index (Phi) is 5.61. The number of aliphatic hydroxyl groups is 1. The average molecular weight is 470 g/mol. The molecule has 9 heteroatoms. The van der Waals surface area contributed by atoms with E-state index in [1.54, 1.807) is 11.1 Å². The van der Waals surface area contributed by atoms with Crippen LogP contribution < -0.4 is 9.80 Å². The van der Waals surface area contributed by atoms with E-state index in [1.165, 1.54) is 11.3 Å². The van der Waals surface area contributed by atoms with Gasteiger partial charge in [0.25, 0.3) is 5.91 Å². The number of aryl methyl sites for hydroxylation is 2. The Labute approximate surface area is 195 Å². The van der Waals surface area contributed by atoms with E-state index in [1.807, 2.05) is 26.1 Å². The van der Waals surface area contributed by atoms with Crippen LogP contribution in [-0.2, 0) is 6.42 Å². The normalized spacial score (nSPS) is 17.1. The zero-order chi connectivity index (χ0) is 22.4. The van der Waals surface area contributed by atoms with Crippen LogP contribution in [0.25, 0.3) is 11.3 Å². The third-order valence-electron chi connectivity index (χ3n) is 6.02. The highest BCUT2D eigenvalue weighted by Gasteiger charge is 2.32. The van der Waals surface area contributed by atoms with E-state index in [0.29, 0.717) is 28.7 Å². The smallest absolute Gasteiger partial charge is 0.271 e. The second-order valence-electron chi connectivity index (χ2n) is 8.40. The molecule has 3 aromatic rings. The fourth-order valence-corrected chi connectivity index (χ4v) is 5.59. The molecule has 0 unspecified atom stereocenters. The second-order valence-corrected chi connectivity index (χ2v) is 9.78. The van der Waals surface area contributed by atoms with Gasteiger partial charge in [0.15, 0.2) is 5.13 Å². The highest BCUT2D eigenvalue weighted by molar-refractivity contribution is 7.17. The SMILES string of the molecule is Cc1cnc(-c2cc(N3CCc4nc(N5CCC(O)CC5)sc4C3=O)ncc2Cl)c(C)c1. The molecule has 0 spiro atoms. The number of piperidine rings is 1. The standard InChI is InChI=1S/C23H24ClN5O2S/c1-13-9-14(2)20(26-11-13)16-10-19(25-12-17(16)24)29-8-5-18-21(22(29)31)32-23(27-18)28-6-3-15(30)4-7-28/h9-12,15,30H,3-8H2,1-2H3. The molecule has 0 bridgehead atoms. The van der Waals surface area contributed by atoms with Crippen molar-refractivity contribution in [2.45, 2.75) is 39.2 Å².